The molecule has 5 heteroatoms. The van der Waals surface area contributed by atoms with E-state index in [2.05, 4.69) is 197 Å². The first-order valence-electron chi connectivity index (χ1n) is 19.0. The Balaban J connectivity index is 0.986. The van der Waals surface area contributed by atoms with Gasteiger partial charge in [0.2, 0.25) is 0 Å². The monoisotopic (exact) mass is 735 g/mol. The van der Waals surface area contributed by atoms with Crippen molar-refractivity contribution in [1.82, 2.24) is 9.88 Å². The fourth-order valence-electron chi connectivity index (χ4n) is 8.32. The van der Waals surface area contributed by atoms with Gasteiger partial charge in [0.15, 0.2) is 6.17 Å². The van der Waals surface area contributed by atoms with E-state index in [1.807, 2.05) is 23.5 Å². The molecule has 4 nitrogen and oxygen atoms in total. The van der Waals surface area contributed by atoms with Crippen LogP contribution in [0.5, 0.6) is 0 Å². The molecule has 10 aromatic rings. The third kappa shape index (κ3) is 5.44. The molecule has 0 bridgehead atoms. The number of nitrogens with one attached hydrogen (secondary N) is 2. The summed E-state index contributed by atoms with van der Waals surface area (Å²) in [5, 5.41) is 8.86. The normalized spacial score (nSPS) is 14.2. The Bertz CT molecular complexity index is 3150. The van der Waals surface area contributed by atoms with Gasteiger partial charge >= 0.3 is 5.84 Å². The van der Waals surface area contributed by atoms with Crippen molar-refractivity contribution in [3.05, 3.63) is 211 Å². The molecule has 0 radical (unpaired) electrons. The van der Waals surface area contributed by atoms with E-state index in [1.165, 1.54) is 53.1 Å². The van der Waals surface area contributed by atoms with Crippen molar-refractivity contribution >= 4 is 65.0 Å². The van der Waals surface area contributed by atoms with E-state index < -0.39 is 0 Å². The van der Waals surface area contributed by atoms with E-state index in [0.29, 0.717) is 0 Å². The summed E-state index contributed by atoms with van der Waals surface area (Å²) in [6.45, 7) is 0. The lowest BCUT2D eigenvalue weighted by Crippen LogP contribution is -2.80. The SMILES string of the molecule is c1ccc(C2=NC(c3ccccc3)=[NH+]C(c3ccccc3-c3ccc(-n4c5ccccc5c5cc(-c6cccc7c6sc6ccccc67)ccc54)cc3)N2)cc1. The highest BCUT2D eigenvalue weighted by molar-refractivity contribution is 7.26. The van der Waals surface area contributed by atoms with Crippen LogP contribution in [-0.2, 0) is 0 Å². The van der Waals surface area contributed by atoms with Gasteiger partial charge in [-0.15, -0.1) is 11.3 Å². The van der Waals surface area contributed by atoms with Crippen molar-refractivity contribution in [3.63, 3.8) is 0 Å². The Kier molecular flexibility index (Phi) is 7.71. The van der Waals surface area contributed by atoms with Gasteiger partial charge in [0.1, 0.15) is 0 Å². The number of hydrogen-bond acceptors (Lipinski definition) is 3. The van der Waals surface area contributed by atoms with Gasteiger partial charge < -0.3 is 9.88 Å². The van der Waals surface area contributed by atoms with E-state index in [4.69, 9.17) is 4.99 Å². The predicted molar refractivity (Wildman–Crippen MR) is 235 cm³/mol. The van der Waals surface area contributed by atoms with Crippen LogP contribution in [0.3, 0.4) is 0 Å². The molecule has 0 saturated heterocycles. The van der Waals surface area contributed by atoms with E-state index in [1.54, 1.807) is 0 Å². The maximum absolute atomic E-state index is 5.04. The molecule has 8 aromatic carbocycles. The van der Waals surface area contributed by atoms with E-state index in [-0.39, 0.29) is 6.17 Å². The van der Waals surface area contributed by atoms with Crippen LogP contribution in [0, 0.1) is 0 Å². The molecule has 1 unspecified atom stereocenters. The third-order valence-electron chi connectivity index (χ3n) is 11.0. The summed E-state index contributed by atoms with van der Waals surface area (Å²) in [5.74, 6) is 1.68. The van der Waals surface area contributed by atoms with Gasteiger partial charge in [-0.3, -0.25) is 0 Å². The van der Waals surface area contributed by atoms with Crippen molar-refractivity contribution < 1.29 is 4.99 Å². The second-order valence-corrected chi connectivity index (χ2v) is 15.3. The summed E-state index contributed by atoms with van der Waals surface area (Å²) >= 11 is 1.88. The summed E-state index contributed by atoms with van der Waals surface area (Å²) in [5.41, 5.74) is 11.6. The Labute approximate surface area is 328 Å². The Hall–Kier alpha value is -7.08. The van der Waals surface area contributed by atoms with Crippen molar-refractivity contribution in [2.24, 2.45) is 4.99 Å². The van der Waals surface area contributed by atoms with Gasteiger partial charge in [0.25, 0.3) is 5.84 Å². The lowest BCUT2D eigenvalue weighted by atomic mass is 9.97. The number of amidine groups is 2. The van der Waals surface area contributed by atoms with Gasteiger partial charge in [-0.1, -0.05) is 133 Å². The minimum Gasteiger partial charge on any atom is -0.309 e. The zero-order valence-electron chi connectivity index (χ0n) is 30.4. The predicted octanol–water partition coefficient (Wildman–Crippen LogP) is 11.1. The number of hydrogen-bond donors (Lipinski definition) is 2. The van der Waals surface area contributed by atoms with Crippen LogP contribution < -0.4 is 10.3 Å². The molecule has 11 rings (SSSR count). The number of benzene rings is 8. The molecule has 2 N–H and O–H groups in total. The summed E-state index contributed by atoms with van der Waals surface area (Å²) in [6, 6.07) is 69.5. The quantitative estimate of drug-likeness (QED) is 0.175. The van der Waals surface area contributed by atoms with Crippen LogP contribution >= 0.6 is 11.3 Å². The standard InChI is InChI=1S/C51H34N4S/c1-3-14-34(15-4-1)49-52-50(35-16-5-2-6-17-35)54-51(53-49)43-21-8-7-18-38(43)33-26-29-37(30-27-33)55-45-24-11-9-19-40(45)44-32-36(28-31-46(44)55)39-22-13-23-42-41-20-10-12-25-47(41)56-48(39)42/h1-32,51H,(H,52,53,54)/p+1. The topological polar surface area (TPSA) is 43.3 Å². The van der Waals surface area contributed by atoms with Crippen LogP contribution in [0.2, 0.25) is 0 Å². The number of nitrogens with zero attached hydrogens (tertiary/aromatic N) is 2. The highest BCUT2D eigenvalue weighted by Gasteiger charge is 2.29. The summed E-state index contributed by atoms with van der Waals surface area (Å²) in [4.78, 5) is 8.76. The van der Waals surface area contributed by atoms with Crippen LogP contribution in [0.4, 0.5) is 0 Å². The number of thiophene rings is 1. The first-order chi connectivity index (χ1) is 27.8. The van der Waals surface area contributed by atoms with Crippen molar-refractivity contribution in [3.8, 4) is 27.9 Å². The Morgan fingerprint density at radius 3 is 1.96 bits per heavy atom. The van der Waals surface area contributed by atoms with Gasteiger partial charge in [-0.05, 0) is 87.9 Å². The number of aliphatic imine (C=N–C) groups is 1. The zero-order valence-corrected chi connectivity index (χ0v) is 31.2. The fraction of sp³-hybridized carbons (Fsp3) is 0.0196. The van der Waals surface area contributed by atoms with Gasteiger partial charge in [-0.2, -0.15) is 0 Å². The van der Waals surface area contributed by atoms with Gasteiger partial charge in [-0.25, -0.2) is 4.99 Å². The molecule has 264 valence electrons. The molecular weight excluding hydrogens is 701 g/mol. The first-order valence-corrected chi connectivity index (χ1v) is 19.8. The van der Waals surface area contributed by atoms with Crippen molar-refractivity contribution in [2.45, 2.75) is 6.17 Å². The third-order valence-corrected chi connectivity index (χ3v) is 12.2. The van der Waals surface area contributed by atoms with Gasteiger partial charge in [0.05, 0.1) is 16.6 Å². The molecule has 1 atom stereocenters. The molecule has 1 aliphatic heterocycles. The lowest BCUT2D eigenvalue weighted by Gasteiger charge is -2.21. The van der Waals surface area contributed by atoms with Crippen LogP contribution in [0.15, 0.2) is 199 Å². The number of para-hydroxylation sites is 1. The second kappa shape index (κ2) is 13.3. The highest BCUT2D eigenvalue weighted by Crippen LogP contribution is 2.42. The van der Waals surface area contributed by atoms with Crippen molar-refractivity contribution in [2.75, 3.05) is 0 Å². The number of aromatic nitrogens is 1. The lowest BCUT2D eigenvalue weighted by molar-refractivity contribution is -0.516. The second-order valence-electron chi connectivity index (χ2n) is 14.3. The van der Waals surface area contributed by atoms with Crippen molar-refractivity contribution in [1.29, 1.82) is 0 Å². The van der Waals surface area contributed by atoms with E-state index >= 15 is 0 Å². The summed E-state index contributed by atoms with van der Waals surface area (Å²) in [7, 11) is 0. The molecular formula is C51H35N4S+. The zero-order chi connectivity index (χ0) is 37.0. The van der Waals surface area contributed by atoms with E-state index in [9.17, 15) is 0 Å². The van der Waals surface area contributed by atoms with Crippen LogP contribution in [-0.4, -0.2) is 16.2 Å². The maximum Gasteiger partial charge on any atom is 0.328 e. The molecule has 0 spiro atoms. The summed E-state index contributed by atoms with van der Waals surface area (Å²) < 4.78 is 5.06. The number of fused-ring (bicyclic) bond motifs is 6. The molecule has 0 saturated carbocycles. The molecule has 1 aliphatic rings. The Morgan fingerprint density at radius 1 is 0.482 bits per heavy atom. The molecule has 56 heavy (non-hydrogen) atoms. The van der Waals surface area contributed by atoms with E-state index in [0.717, 1.165) is 45.2 Å². The minimum atomic E-state index is -0.196. The first kappa shape index (κ1) is 32.4. The van der Waals surface area contributed by atoms with Crippen LogP contribution in [0.25, 0.3) is 69.9 Å². The fourth-order valence-corrected chi connectivity index (χ4v) is 9.56. The maximum atomic E-state index is 5.04. The summed E-state index contributed by atoms with van der Waals surface area (Å²) in [6.07, 6.45) is -0.196. The minimum absolute atomic E-state index is 0.196. The molecule has 3 heterocycles. The largest absolute Gasteiger partial charge is 0.328 e. The Morgan fingerprint density at radius 2 is 1.12 bits per heavy atom. The average molecular weight is 736 g/mol. The highest BCUT2D eigenvalue weighted by atomic mass is 32.1. The van der Waals surface area contributed by atoms with Crippen LogP contribution in [0.1, 0.15) is 22.9 Å². The smallest absolute Gasteiger partial charge is 0.309 e. The van der Waals surface area contributed by atoms with Gasteiger partial charge in [0, 0.05) is 47.8 Å². The average Bonchev–Trinajstić information content (AvgIpc) is 3.83. The molecule has 2 aromatic heterocycles. The molecule has 0 aliphatic carbocycles. The molecule has 0 fully saturated rings. The number of rotatable bonds is 6. The molecule has 0 amide bonds.